The van der Waals surface area contributed by atoms with E-state index in [0.29, 0.717) is 0 Å². The maximum absolute atomic E-state index is 9.30. The lowest BCUT2D eigenvalue weighted by molar-refractivity contribution is 1.17. The molecule has 26 aromatic rings. The number of nitrogens with zero attached hydrogens (tertiary/aromatic N) is 17. The van der Waals surface area contributed by atoms with E-state index in [-0.39, 0.29) is 67.6 Å². The number of rotatable bonds is 16. The van der Waals surface area contributed by atoms with E-state index in [1.54, 1.807) is 18.2 Å². The van der Waals surface area contributed by atoms with Crippen molar-refractivity contribution in [1.29, 1.82) is 15.8 Å². The van der Waals surface area contributed by atoms with Gasteiger partial charge in [0.1, 0.15) is 34.8 Å². The Hall–Kier alpha value is -21.6. The highest BCUT2D eigenvalue weighted by Crippen LogP contribution is 2.48. The molecule has 17 nitrogen and oxygen atoms in total. The fourth-order valence-corrected chi connectivity index (χ4v) is 20.3. The lowest BCUT2D eigenvalue weighted by Gasteiger charge is -2.29. The Balaban J connectivity index is 0.000000128. The zero-order valence-electron chi connectivity index (χ0n) is 79.7. The molecule has 0 N–H and O–H groups in total. The summed E-state index contributed by atoms with van der Waals surface area (Å²) in [7, 11) is 0. The Labute approximate surface area is 857 Å². The Bertz CT molecular complexity index is 9540. The fourth-order valence-electron chi connectivity index (χ4n) is 20.3. The van der Waals surface area contributed by atoms with E-state index in [4.69, 9.17) is 19.7 Å². The first-order chi connectivity index (χ1) is 73.6. The number of hydrogen-bond donors (Lipinski definition) is 0. The molecule has 0 fully saturated rings. The van der Waals surface area contributed by atoms with Crippen LogP contribution in [-0.2, 0) is 0 Å². The summed E-state index contributed by atoms with van der Waals surface area (Å²) in [6, 6.07) is 178. The largest absolute Gasteiger partial charge is 0.370 e. The summed E-state index contributed by atoms with van der Waals surface area (Å²) in [6.07, 6.45) is 0. The van der Waals surface area contributed by atoms with Gasteiger partial charge in [-0.1, -0.05) is 341 Å². The van der Waals surface area contributed by atoms with E-state index < -0.39 is 0 Å². The van der Waals surface area contributed by atoms with Crippen molar-refractivity contribution in [2.24, 2.45) is 0 Å². The van der Waals surface area contributed by atoms with Crippen molar-refractivity contribution < 1.29 is 0 Å². The normalized spacial score (nSPS) is 11.0. The van der Waals surface area contributed by atoms with Crippen molar-refractivity contribution in [1.82, 2.24) is 43.6 Å². The van der Waals surface area contributed by atoms with Crippen LogP contribution in [0.2, 0.25) is 0 Å². The van der Waals surface area contributed by atoms with Gasteiger partial charge in [0.05, 0.1) is 38.8 Å². The van der Waals surface area contributed by atoms with Gasteiger partial charge in [0.25, 0.3) is 17.2 Å². The van der Waals surface area contributed by atoms with Crippen LogP contribution in [0, 0.1) is 53.7 Å². The third-order valence-electron chi connectivity index (χ3n) is 27.3. The van der Waals surface area contributed by atoms with Crippen LogP contribution in [0.1, 0.15) is 17.1 Å². The number of benzene rings is 20. The van der Waals surface area contributed by atoms with Crippen LogP contribution in [-0.4, -0.2) is 43.6 Å². The predicted octanol–water partition coefficient (Wildman–Crippen LogP) is 34.1. The minimum atomic E-state index is -0.298. The lowest BCUT2D eigenvalue weighted by Crippen LogP contribution is -2.11. The van der Waals surface area contributed by atoms with E-state index in [0.717, 1.165) is 62.1 Å². The molecule has 0 saturated heterocycles. The van der Waals surface area contributed by atoms with Crippen molar-refractivity contribution in [2.45, 2.75) is 0 Å². The minimum absolute atomic E-state index is 0.000622. The summed E-state index contributed by atoms with van der Waals surface area (Å²) < 4.78 is 7.18. The molecule has 692 valence electrons. The van der Waals surface area contributed by atoms with Crippen LogP contribution in [0.3, 0.4) is 0 Å². The molecule has 0 unspecified atom stereocenters. The third kappa shape index (κ3) is 16.8. The molecule has 0 spiro atoms. The van der Waals surface area contributed by atoms with E-state index in [2.05, 4.69) is 547 Å². The van der Waals surface area contributed by atoms with Gasteiger partial charge in [-0.2, -0.15) is 15.8 Å². The van der Waals surface area contributed by atoms with Crippen molar-refractivity contribution in [3.05, 3.63) is 531 Å². The Morgan fingerprint density at radius 2 is 0.443 bits per heavy atom. The second kappa shape index (κ2) is 39.1. The molecule has 0 bridgehead atoms. The highest BCUT2D eigenvalue weighted by atomic mass is 15.2. The van der Waals surface area contributed by atoms with E-state index in [1.807, 2.05) is 0 Å². The summed E-state index contributed by atoms with van der Waals surface area (Å²) in [5.74, 6) is -0.890. The maximum atomic E-state index is 9.30. The zero-order valence-corrected chi connectivity index (χ0v) is 79.7. The molecule has 26 rings (SSSR count). The van der Waals surface area contributed by atoms with Crippen molar-refractivity contribution in [2.75, 3.05) is 9.80 Å². The summed E-state index contributed by atoms with van der Waals surface area (Å²) in [5.41, 5.74) is 33.0. The number of anilines is 6. The van der Waals surface area contributed by atoms with E-state index >= 15 is 0 Å². The highest BCUT2D eigenvalue weighted by molar-refractivity contribution is 6.20. The van der Waals surface area contributed by atoms with Crippen LogP contribution in [0.25, 0.3) is 208 Å². The van der Waals surface area contributed by atoms with Crippen LogP contribution in [0.15, 0.2) is 479 Å². The van der Waals surface area contributed by atoms with Crippen LogP contribution < -0.4 is 9.80 Å². The summed E-state index contributed by atoms with van der Waals surface area (Å²) in [6.45, 7) is 21.7. The highest BCUT2D eigenvalue weighted by Gasteiger charge is 2.30. The van der Waals surface area contributed by atoms with Crippen LogP contribution >= 0.6 is 0 Å². The molecular weight excluding hydrogens is 1820 g/mol. The van der Waals surface area contributed by atoms with E-state index in [9.17, 15) is 15.8 Å². The maximum Gasteiger partial charge on any atom is 0.307 e. The van der Waals surface area contributed by atoms with Gasteiger partial charge < -0.3 is 38.0 Å². The van der Waals surface area contributed by atoms with Crippen molar-refractivity contribution in [3.8, 4) is 113 Å². The quantitative estimate of drug-likeness (QED) is 0.0663. The van der Waals surface area contributed by atoms with Gasteiger partial charge in [0.2, 0.25) is 11.0 Å². The Kier molecular flexibility index (Phi) is 23.6. The topological polar surface area (TPSA) is 183 Å². The number of nitriles is 3. The molecule has 6 aromatic heterocycles. The number of aromatic nitrogens is 9. The molecule has 0 saturated carbocycles. The number of para-hydroxylation sites is 5. The van der Waals surface area contributed by atoms with Gasteiger partial charge in [-0.3, -0.25) is 0 Å². The molecule has 0 aliphatic heterocycles. The van der Waals surface area contributed by atoms with E-state index in [1.165, 1.54) is 132 Å². The lowest BCUT2D eigenvalue weighted by atomic mass is 9.96. The molecule has 6 heterocycles. The Morgan fingerprint density at radius 3 is 0.792 bits per heavy atom. The molecule has 20 aromatic carbocycles. The van der Waals surface area contributed by atoms with Gasteiger partial charge >= 0.3 is 5.82 Å². The smallest absolute Gasteiger partial charge is 0.307 e. The fraction of sp³-hybridized carbons (Fsp3) is 0. The second-order valence-electron chi connectivity index (χ2n) is 35.8. The molecule has 0 amide bonds. The van der Waals surface area contributed by atoms with Gasteiger partial charge in [-0.15, -0.1) is 15.0 Å². The van der Waals surface area contributed by atoms with Gasteiger partial charge in [-0.25, -0.2) is 15.0 Å². The summed E-state index contributed by atoms with van der Waals surface area (Å²) >= 11 is 0. The van der Waals surface area contributed by atoms with Crippen molar-refractivity contribution >= 4 is 150 Å². The zero-order chi connectivity index (χ0) is 100. The van der Waals surface area contributed by atoms with Crippen LogP contribution in [0.4, 0.5) is 51.6 Å². The molecular formula is C132H79N17. The average molecular weight is 1900 g/mol. The first kappa shape index (κ1) is 89.9. The molecule has 0 radical (unpaired) electrons. The monoisotopic (exact) mass is 1900 g/mol. The first-order valence-electron chi connectivity index (χ1n) is 48.5. The van der Waals surface area contributed by atoms with Crippen LogP contribution in [0.5, 0.6) is 0 Å². The Morgan fingerprint density at radius 1 is 0.195 bits per heavy atom. The van der Waals surface area contributed by atoms with Gasteiger partial charge in [0.15, 0.2) is 17.1 Å². The summed E-state index contributed by atoms with van der Waals surface area (Å²) in [4.78, 5) is 39.1. The second-order valence-corrected chi connectivity index (χ2v) is 35.8. The van der Waals surface area contributed by atoms with Gasteiger partial charge in [-0.05, 0) is 230 Å². The standard InChI is InChI=1S/C66H48N2.C48H31N3.C18N12/c1-6-16-49(17-7-1)53-26-37-60(38-27-53)67(61-39-28-54(29-40-61)50-18-8-2-9-19-50)62-41-30-56(31-42-62)57-34-45-64(46-35-57)68(63-43-32-55(33-44-63)51-20-10-3-11-21-51)66-47-36-59(52-22-12-4-13-23-52)48-65(66)58-24-14-5-15-25-58;1-3-13-34(14-4-1)49-43-20-10-7-17-37(43)40-29-32(23-26-46(40)49)33-24-27-47-41(30-33)38-18-8-12-22-45(38)51(47)36-25-28-48-42(31-36)39-19-9-11-21-44(39)50(48)35-15-5-2-6-16-35;1-22-16-9(6-21)27-12-10-11(26-8(5-20)7(4-19)25-10)14-15(13(12)28-16)30-18(24-3)17(23-2)29-14/h1-48H;1-31H;. The molecule has 149 heavy (non-hydrogen) atoms. The predicted molar refractivity (Wildman–Crippen MR) is 602 cm³/mol. The molecule has 0 atom stereocenters. The summed E-state index contributed by atoms with van der Waals surface area (Å²) in [5, 5.41) is 35.4. The van der Waals surface area contributed by atoms with Gasteiger partial charge in [0, 0.05) is 83.4 Å². The molecule has 0 aliphatic carbocycles. The first-order valence-corrected chi connectivity index (χ1v) is 48.5. The third-order valence-corrected chi connectivity index (χ3v) is 27.3. The average Bonchev–Trinajstić information content (AvgIpc) is 1.70. The van der Waals surface area contributed by atoms with Crippen molar-refractivity contribution in [3.63, 3.8) is 0 Å². The number of fused-ring (bicyclic) bond motifs is 15. The minimum Gasteiger partial charge on any atom is -0.370 e. The number of hydrogen-bond acceptors (Lipinski definition) is 11. The SMILES string of the molecule is [C-]#[N+]c1nc2c(nc1C#N)c1nc(C#N)c(C#N)nc1c1nc([N+]#[C-])c([N+]#[C-])nc21.c1ccc(-c2ccc(N(c3ccc(-c4ccccc4)cc3)c3ccc(-c4ccc(N(c5ccc(-c6ccccc6)cc5)c5ccc(-c6ccccc6)cc5-c5ccccc5)cc4)cc3)cc2)cc1.c1ccc(-n2c3ccccc3c3cc(-c4ccc5c(c4)c4ccccc4n5-c4ccc5c(c4)c4ccccc4n5-c4ccccc4)ccc32)cc1. The molecule has 0 aliphatic rings. The molecule has 17 heteroatoms.